The van der Waals surface area contributed by atoms with E-state index in [1.807, 2.05) is 66.3 Å². The van der Waals surface area contributed by atoms with Crippen molar-refractivity contribution in [3.8, 4) is 5.75 Å². The number of nitrogens with one attached hydrogen (secondary N) is 1. The van der Waals surface area contributed by atoms with Crippen molar-refractivity contribution in [2.24, 2.45) is 7.05 Å². The van der Waals surface area contributed by atoms with E-state index in [1.54, 1.807) is 13.3 Å². The summed E-state index contributed by atoms with van der Waals surface area (Å²) in [7, 11) is 3.62. The summed E-state index contributed by atoms with van der Waals surface area (Å²) < 4.78 is 13.0. The molecule has 1 unspecified atom stereocenters. The number of fused-ring (bicyclic) bond motifs is 1. The van der Waals surface area contributed by atoms with Crippen molar-refractivity contribution in [1.82, 2.24) is 14.5 Å². The Bertz CT molecular complexity index is 955. The summed E-state index contributed by atoms with van der Waals surface area (Å²) in [6.45, 7) is 0. The number of anilines is 1. The summed E-state index contributed by atoms with van der Waals surface area (Å²) in [6.07, 6.45) is 3.69. The Morgan fingerprint density at radius 2 is 1.92 bits per heavy atom. The average Bonchev–Trinajstić information content (AvgIpc) is 3.25. The predicted octanol–water partition coefficient (Wildman–Crippen LogP) is 3.77. The quantitative estimate of drug-likeness (QED) is 0.602. The van der Waals surface area contributed by atoms with Crippen molar-refractivity contribution in [3.05, 3.63) is 72.3 Å². The number of ether oxygens (including phenoxy) is 1. The fourth-order valence-electron chi connectivity index (χ4n) is 2.81. The van der Waals surface area contributed by atoms with E-state index in [0.29, 0.717) is 6.01 Å². The minimum Gasteiger partial charge on any atom is -0.497 e. The number of methoxy groups -OCH3 is 1. The van der Waals surface area contributed by atoms with Crippen LogP contribution in [0, 0.1) is 0 Å². The monoisotopic (exact) mass is 334 g/mol. The van der Waals surface area contributed by atoms with E-state index in [0.717, 1.165) is 28.2 Å². The highest BCUT2D eigenvalue weighted by atomic mass is 16.5. The number of nitrogens with zero attached hydrogens (tertiary/aromatic N) is 3. The number of para-hydroxylation sites is 2. The summed E-state index contributed by atoms with van der Waals surface area (Å²) >= 11 is 0. The Hall–Kier alpha value is -3.28. The number of hydrogen-bond donors (Lipinski definition) is 1. The molecule has 6 nitrogen and oxygen atoms in total. The van der Waals surface area contributed by atoms with Gasteiger partial charge >= 0.3 is 0 Å². The molecule has 25 heavy (non-hydrogen) atoms. The van der Waals surface area contributed by atoms with E-state index in [4.69, 9.17) is 9.15 Å². The first-order valence-corrected chi connectivity index (χ1v) is 7.98. The standard InChI is InChI=1S/C19H18N4O2/c1-23-12-11-20-18(23)17(13-7-9-14(24-2)10-8-13)22-19-21-15-5-3-4-6-16(15)25-19/h3-12,17H,1-2H3,(H,21,22). The van der Waals surface area contributed by atoms with Crippen LogP contribution in [-0.2, 0) is 7.05 Å². The van der Waals surface area contributed by atoms with Gasteiger partial charge in [0, 0.05) is 19.4 Å². The van der Waals surface area contributed by atoms with Gasteiger partial charge < -0.3 is 19.0 Å². The first kappa shape index (κ1) is 15.3. The van der Waals surface area contributed by atoms with Gasteiger partial charge in [-0.1, -0.05) is 24.3 Å². The van der Waals surface area contributed by atoms with E-state index >= 15 is 0 Å². The topological polar surface area (TPSA) is 65.1 Å². The Morgan fingerprint density at radius 3 is 2.60 bits per heavy atom. The van der Waals surface area contributed by atoms with Crippen molar-refractivity contribution in [2.45, 2.75) is 6.04 Å². The van der Waals surface area contributed by atoms with E-state index in [2.05, 4.69) is 15.3 Å². The maximum atomic E-state index is 5.82. The molecule has 126 valence electrons. The predicted molar refractivity (Wildman–Crippen MR) is 95.7 cm³/mol. The molecule has 4 aromatic rings. The molecule has 0 saturated heterocycles. The lowest BCUT2D eigenvalue weighted by Gasteiger charge is -2.18. The van der Waals surface area contributed by atoms with Crippen LogP contribution < -0.4 is 10.1 Å². The largest absolute Gasteiger partial charge is 0.497 e. The summed E-state index contributed by atoms with van der Waals surface area (Å²) in [5.74, 6) is 1.68. The molecule has 0 saturated carbocycles. The Balaban J connectivity index is 1.73. The molecule has 1 N–H and O–H groups in total. The molecule has 0 fully saturated rings. The van der Waals surface area contributed by atoms with Crippen molar-refractivity contribution < 1.29 is 9.15 Å². The van der Waals surface area contributed by atoms with Crippen LogP contribution in [0.3, 0.4) is 0 Å². The second kappa shape index (κ2) is 6.32. The van der Waals surface area contributed by atoms with Crippen LogP contribution in [0.1, 0.15) is 17.4 Å². The van der Waals surface area contributed by atoms with Crippen LogP contribution >= 0.6 is 0 Å². The van der Waals surface area contributed by atoms with Crippen LogP contribution in [0.2, 0.25) is 0 Å². The molecule has 4 rings (SSSR count). The lowest BCUT2D eigenvalue weighted by atomic mass is 10.1. The molecule has 0 radical (unpaired) electrons. The minimum absolute atomic E-state index is 0.195. The van der Waals surface area contributed by atoms with Crippen LogP contribution in [0.25, 0.3) is 11.1 Å². The number of oxazole rings is 1. The highest BCUT2D eigenvalue weighted by Gasteiger charge is 2.20. The highest BCUT2D eigenvalue weighted by Crippen LogP contribution is 2.28. The van der Waals surface area contributed by atoms with Gasteiger partial charge in [-0.05, 0) is 29.8 Å². The van der Waals surface area contributed by atoms with Gasteiger partial charge in [0.15, 0.2) is 5.58 Å². The molecule has 6 heteroatoms. The van der Waals surface area contributed by atoms with Crippen molar-refractivity contribution in [3.63, 3.8) is 0 Å². The smallest absolute Gasteiger partial charge is 0.296 e. The van der Waals surface area contributed by atoms with E-state index in [-0.39, 0.29) is 6.04 Å². The molecular weight excluding hydrogens is 316 g/mol. The van der Waals surface area contributed by atoms with Gasteiger partial charge in [-0.3, -0.25) is 0 Å². The molecule has 2 aromatic heterocycles. The van der Waals surface area contributed by atoms with Crippen LogP contribution in [0.4, 0.5) is 6.01 Å². The van der Waals surface area contributed by atoms with Crippen LogP contribution in [-0.4, -0.2) is 21.6 Å². The van der Waals surface area contributed by atoms with Crippen molar-refractivity contribution in [1.29, 1.82) is 0 Å². The molecule has 0 aliphatic carbocycles. The number of aromatic nitrogens is 3. The molecule has 0 bridgehead atoms. The number of benzene rings is 2. The second-order valence-corrected chi connectivity index (χ2v) is 5.73. The highest BCUT2D eigenvalue weighted by molar-refractivity contribution is 5.74. The Labute approximate surface area is 145 Å². The summed E-state index contributed by atoms with van der Waals surface area (Å²) in [5, 5.41) is 3.36. The third kappa shape index (κ3) is 2.94. The molecule has 2 heterocycles. The maximum absolute atomic E-state index is 5.82. The third-order valence-corrected chi connectivity index (χ3v) is 4.13. The second-order valence-electron chi connectivity index (χ2n) is 5.73. The molecule has 2 aromatic carbocycles. The third-order valence-electron chi connectivity index (χ3n) is 4.13. The van der Waals surface area contributed by atoms with Crippen molar-refractivity contribution >= 4 is 17.1 Å². The van der Waals surface area contributed by atoms with Gasteiger partial charge in [-0.2, -0.15) is 4.98 Å². The lowest BCUT2D eigenvalue weighted by molar-refractivity contribution is 0.414. The molecule has 0 spiro atoms. The fraction of sp³-hybridized carbons (Fsp3) is 0.158. The zero-order valence-corrected chi connectivity index (χ0v) is 14.0. The fourth-order valence-corrected chi connectivity index (χ4v) is 2.81. The first-order chi connectivity index (χ1) is 12.2. The van der Waals surface area contributed by atoms with Gasteiger partial charge in [-0.15, -0.1) is 0 Å². The van der Waals surface area contributed by atoms with Gasteiger partial charge in [0.2, 0.25) is 0 Å². The molecule has 0 aliphatic rings. The number of imidazole rings is 1. The zero-order valence-electron chi connectivity index (χ0n) is 14.0. The first-order valence-electron chi connectivity index (χ1n) is 7.98. The number of rotatable bonds is 5. The van der Waals surface area contributed by atoms with Gasteiger partial charge in [0.05, 0.1) is 7.11 Å². The van der Waals surface area contributed by atoms with E-state index in [1.165, 1.54) is 0 Å². The van der Waals surface area contributed by atoms with Crippen LogP contribution in [0.5, 0.6) is 5.75 Å². The average molecular weight is 334 g/mol. The zero-order chi connectivity index (χ0) is 17.2. The Kier molecular flexibility index (Phi) is 3.85. The van der Waals surface area contributed by atoms with Gasteiger partial charge in [0.1, 0.15) is 23.1 Å². The van der Waals surface area contributed by atoms with Gasteiger partial charge in [-0.25, -0.2) is 4.98 Å². The number of aryl methyl sites for hydroxylation is 1. The maximum Gasteiger partial charge on any atom is 0.296 e. The summed E-state index contributed by atoms with van der Waals surface area (Å²) in [6, 6.07) is 15.8. The molecular formula is C19H18N4O2. The van der Waals surface area contributed by atoms with E-state index in [9.17, 15) is 0 Å². The normalized spacial score (nSPS) is 12.2. The SMILES string of the molecule is COc1ccc(C(Nc2nc3ccccc3o2)c2nccn2C)cc1. The van der Waals surface area contributed by atoms with E-state index < -0.39 is 0 Å². The Morgan fingerprint density at radius 1 is 1.12 bits per heavy atom. The summed E-state index contributed by atoms with van der Waals surface area (Å²) in [5.41, 5.74) is 2.61. The van der Waals surface area contributed by atoms with Crippen LogP contribution in [0.15, 0.2) is 65.3 Å². The molecule has 1 atom stereocenters. The molecule has 0 amide bonds. The molecule has 0 aliphatic heterocycles. The van der Waals surface area contributed by atoms with Crippen molar-refractivity contribution in [2.75, 3.05) is 12.4 Å². The van der Waals surface area contributed by atoms with Gasteiger partial charge in [0.25, 0.3) is 6.01 Å². The lowest BCUT2D eigenvalue weighted by Crippen LogP contribution is -2.16. The number of hydrogen-bond acceptors (Lipinski definition) is 5. The summed E-state index contributed by atoms with van der Waals surface area (Å²) in [4.78, 5) is 9.00. The minimum atomic E-state index is -0.195.